The van der Waals surface area contributed by atoms with Crippen LogP contribution in [0.4, 0.5) is 0 Å². The Bertz CT molecular complexity index is 909. The van der Waals surface area contributed by atoms with E-state index in [9.17, 15) is 9.59 Å². The summed E-state index contributed by atoms with van der Waals surface area (Å²) in [5, 5.41) is 4.61. The first-order chi connectivity index (χ1) is 12.6. The molecule has 0 saturated heterocycles. The molecule has 2 amide bonds. The van der Waals surface area contributed by atoms with E-state index in [0.717, 1.165) is 11.3 Å². The molecule has 0 unspecified atom stereocenters. The average molecular weight is 369 g/mol. The fourth-order valence-electron chi connectivity index (χ4n) is 2.37. The zero-order valence-corrected chi connectivity index (χ0v) is 14.6. The molecule has 0 spiro atoms. The van der Waals surface area contributed by atoms with E-state index in [1.165, 1.54) is 0 Å². The highest BCUT2D eigenvalue weighted by Crippen LogP contribution is 2.14. The van der Waals surface area contributed by atoms with Crippen LogP contribution in [-0.4, -0.2) is 21.6 Å². The van der Waals surface area contributed by atoms with E-state index in [0.29, 0.717) is 17.0 Å². The van der Waals surface area contributed by atoms with Gasteiger partial charge in [0.25, 0.3) is 5.91 Å². The Balaban J connectivity index is 1.48. The number of hydrazine groups is 1. The minimum absolute atomic E-state index is 0.225. The highest BCUT2D eigenvalue weighted by molar-refractivity contribution is 6.33. The maximum atomic E-state index is 12.0. The molecule has 0 aliphatic carbocycles. The van der Waals surface area contributed by atoms with E-state index in [1.807, 2.05) is 36.5 Å². The highest BCUT2D eigenvalue weighted by Gasteiger charge is 2.11. The van der Waals surface area contributed by atoms with Crippen LogP contribution in [0.25, 0.3) is 5.69 Å². The molecule has 1 heterocycles. The number of halogens is 1. The van der Waals surface area contributed by atoms with Crippen LogP contribution in [0.5, 0.6) is 0 Å². The SMILES string of the molecule is O=C(CCc1cnn(-c2ccccc2)c1)NNC(=O)c1ccccc1Cl. The van der Waals surface area contributed by atoms with Gasteiger partial charge in [-0.3, -0.25) is 20.4 Å². The molecule has 2 aromatic carbocycles. The van der Waals surface area contributed by atoms with E-state index in [4.69, 9.17) is 11.6 Å². The van der Waals surface area contributed by atoms with Crippen LogP contribution in [0, 0.1) is 0 Å². The van der Waals surface area contributed by atoms with Gasteiger partial charge in [0, 0.05) is 12.6 Å². The van der Waals surface area contributed by atoms with Crippen LogP contribution in [0.3, 0.4) is 0 Å². The second kappa shape index (κ2) is 8.31. The molecular weight excluding hydrogens is 352 g/mol. The van der Waals surface area contributed by atoms with Crippen LogP contribution in [0.2, 0.25) is 5.02 Å². The van der Waals surface area contributed by atoms with Crippen LogP contribution < -0.4 is 10.9 Å². The summed E-state index contributed by atoms with van der Waals surface area (Å²) >= 11 is 5.95. The summed E-state index contributed by atoms with van der Waals surface area (Å²) < 4.78 is 1.76. The fourth-order valence-corrected chi connectivity index (χ4v) is 2.59. The molecule has 1 aromatic heterocycles. The number of aromatic nitrogens is 2. The van der Waals surface area contributed by atoms with Crippen LogP contribution >= 0.6 is 11.6 Å². The van der Waals surface area contributed by atoms with Gasteiger partial charge in [0.2, 0.25) is 5.91 Å². The Morgan fingerprint density at radius 2 is 1.73 bits per heavy atom. The molecule has 0 aliphatic rings. The number of hydrogen-bond acceptors (Lipinski definition) is 3. The van der Waals surface area contributed by atoms with E-state index < -0.39 is 5.91 Å². The fraction of sp³-hybridized carbons (Fsp3) is 0.105. The summed E-state index contributed by atoms with van der Waals surface area (Å²) in [6, 6.07) is 16.3. The second-order valence-corrected chi connectivity index (χ2v) is 6.02. The van der Waals surface area contributed by atoms with E-state index in [1.54, 1.807) is 35.1 Å². The van der Waals surface area contributed by atoms with E-state index >= 15 is 0 Å². The Labute approximate surface area is 155 Å². The van der Waals surface area contributed by atoms with Crippen molar-refractivity contribution in [1.82, 2.24) is 20.6 Å². The maximum absolute atomic E-state index is 12.0. The number of para-hydroxylation sites is 1. The van der Waals surface area contributed by atoms with Crippen molar-refractivity contribution in [3.8, 4) is 5.69 Å². The van der Waals surface area contributed by atoms with Crippen molar-refractivity contribution in [1.29, 1.82) is 0 Å². The molecule has 26 heavy (non-hydrogen) atoms. The number of aryl methyl sites for hydroxylation is 1. The monoisotopic (exact) mass is 368 g/mol. The smallest absolute Gasteiger partial charge is 0.271 e. The van der Waals surface area contributed by atoms with Gasteiger partial charge in [-0.25, -0.2) is 4.68 Å². The van der Waals surface area contributed by atoms with Crippen molar-refractivity contribution >= 4 is 23.4 Å². The van der Waals surface area contributed by atoms with Crippen molar-refractivity contribution in [2.45, 2.75) is 12.8 Å². The number of nitrogens with one attached hydrogen (secondary N) is 2. The summed E-state index contributed by atoms with van der Waals surface area (Å²) in [4.78, 5) is 23.9. The van der Waals surface area contributed by atoms with E-state index in [2.05, 4.69) is 16.0 Å². The highest BCUT2D eigenvalue weighted by atomic mass is 35.5. The predicted octanol–water partition coefficient (Wildman–Crippen LogP) is 2.92. The standard InChI is InChI=1S/C19H17ClN4O2/c20-17-9-5-4-8-16(17)19(26)23-22-18(25)11-10-14-12-21-24(13-14)15-6-2-1-3-7-15/h1-9,12-13H,10-11H2,(H,22,25)(H,23,26). The number of nitrogens with zero attached hydrogens (tertiary/aromatic N) is 2. The Hall–Kier alpha value is -3.12. The summed E-state index contributed by atoms with van der Waals surface area (Å²) in [5.74, 6) is -0.751. The third-order valence-corrected chi connectivity index (χ3v) is 4.06. The van der Waals surface area contributed by atoms with Crippen molar-refractivity contribution in [3.63, 3.8) is 0 Å². The summed E-state index contributed by atoms with van der Waals surface area (Å²) in [6.45, 7) is 0. The van der Waals surface area contributed by atoms with Gasteiger partial charge in [-0.1, -0.05) is 41.9 Å². The molecule has 3 rings (SSSR count). The maximum Gasteiger partial charge on any atom is 0.271 e. The van der Waals surface area contributed by atoms with Crippen molar-refractivity contribution in [2.24, 2.45) is 0 Å². The number of benzene rings is 2. The third kappa shape index (κ3) is 4.49. The molecule has 0 saturated carbocycles. The van der Waals surface area contributed by atoms with Gasteiger partial charge in [0.1, 0.15) is 0 Å². The lowest BCUT2D eigenvalue weighted by atomic mass is 10.2. The van der Waals surface area contributed by atoms with Gasteiger partial charge in [-0.05, 0) is 36.2 Å². The Morgan fingerprint density at radius 3 is 2.50 bits per heavy atom. The molecule has 0 radical (unpaired) electrons. The predicted molar refractivity (Wildman–Crippen MR) is 98.9 cm³/mol. The minimum Gasteiger partial charge on any atom is -0.273 e. The lowest BCUT2D eigenvalue weighted by molar-refractivity contribution is -0.121. The Kier molecular flexibility index (Phi) is 5.66. The first kappa shape index (κ1) is 17.7. The molecule has 0 aliphatic heterocycles. The zero-order chi connectivity index (χ0) is 18.4. The topological polar surface area (TPSA) is 76.0 Å². The van der Waals surface area contributed by atoms with Crippen molar-refractivity contribution in [3.05, 3.63) is 83.1 Å². The number of rotatable bonds is 5. The molecule has 3 aromatic rings. The van der Waals surface area contributed by atoms with Gasteiger partial charge in [0.15, 0.2) is 0 Å². The van der Waals surface area contributed by atoms with Crippen LogP contribution in [-0.2, 0) is 11.2 Å². The molecule has 132 valence electrons. The third-order valence-electron chi connectivity index (χ3n) is 3.73. The summed E-state index contributed by atoms with van der Waals surface area (Å²) in [7, 11) is 0. The molecule has 0 atom stereocenters. The first-order valence-corrected chi connectivity index (χ1v) is 8.44. The number of amides is 2. The van der Waals surface area contributed by atoms with Gasteiger partial charge >= 0.3 is 0 Å². The van der Waals surface area contributed by atoms with Crippen LogP contribution in [0.1, 0.15) is 22.3 Å². The second-order valence-electron chi connectivity index (χ2n) is 5.61. The summed E-state index contributed by atoms with van der Waals surface area (Å²) in [6.07, 6.45) is 4.34. The summed E-state index contributed by atoms with van der Waals surface area (Å²) in [5.41, 5.74) is 6.95. The average Bonchev–Trinajstić information content (AvgIpc) is 3.14. The molecule has 6 nitrogen and oxygen atoms in total. The largest absolute Gasteiger partial charge is 0.273 e. The van der Waals surface area contributed by atoms with Crippen LogP contribution in [0.15, 0.2) is 67.0 Å². The lowest BCUT2D eigenvalue weighted by Gasteiger charge is -2.08. The van der Waals surface area contributed by atoms with Gasteiger partial charge < -0.3 is 0 Å². The Morgan fingerprint density at radius 1 is 1.00 bits per heavy atom. The quantitative estimate of drug-likeness (QED) is 0.680. The van der Waals surface area contributed by atoms with Crippen molar-refractivity contribution < 1.29 is 9.59 Å². The number of carbonyl (C=O) groups is 2. The molecule has 0 fully saturated rings. The normalized spacial score (nSPS) is 10.3. The van der Waals surface area contributed by atoms with Gasteiger partial charge in [0.05, 0.1) is 22.5 Å². The molecule has 7 heteroatoms. The number of hydrogen-bond donors (Lipinski definition) is 2. The van der Waals surface area contributed by atoms with Gasteiger partial charge in [-0.15, -0.1) is 0 Å². The lowest BCUT2D eigenvalue weighted by Crippen LogP contribution is -2.41. The minimum atomic E-state index is -0.458. The van der Waals surface area contributed by atoms with Crippen molar-refractivity contribution in [2.75, 3.05) is 0 Å². The molecular formula is C19H17ClN4O2. The molecule has 0 bridgehead atoms. The first-order valence-electron chi connectivity index (χ1n) is 8.06. The number of carbonyl (C=O) groups excluding carboxylic acids is 2. The van der Waals surface area contributed by atoms with Gasteiger partial charge in [-0.2, -0.15) is 5.10 Å². The zero-order valence-electron chi connectivity index (χ0n) is 13.9. The van der Waals surface area contributed by atoms with E-state index in [-0.39, 0.29) is 12.3 Å². The molecule has 2 N–H and O–H groups in total.